The molecule has 0 atom stereocenters. The van der Waals surface area contributed by atoms with Crippen molar-refractivity contribution in [3.8, 4) is 17.0 Å². The molecule has 1 N–H and O–H groups in total. The van der Waals surface area contributed by atoms with E-state index in [0.29, 0.717) is 30.2 Å². The van der Waals surface area contributed by atoms with E-state index < -0.39 is 0 Å². The molecule has 1 fully saturated rings. The van der Waals surface area contributed by atoms with Crippen LogP contribution in [0.1, 0.15) is 0 Å². The standard InChI is InChI=1S/C18H20N4O3/c1-4-17(23)22-10-13(11-22)21(2)16-7-12(9-20-18(16)24)15-8-14(25-3)5-6-19-15/h4-9,13H,1,10-11H2,2-3H3,(H,20,24). The van der Waals surface area contributed by atoms with E-state index in [1.54, 1.807) is 36.5 Å². The number of hydrogen-bond acceptors (Lipinski definition) is 5. The van der Waals surface area contributed by atoms with Gasteiger partial charge < -0.3 is 19.5 Å². The van der Waals surface area contributed by atoms with E-state index in [1.165, 1.54) is 6.08 Å². The maximum Gasteiger partial charge on any atom is 0.271 e. The number of methoxy groups -OCH3 is 1. The number of ether oxygens (including phenoxy) is 1. The van der Waals surface area contributed by atoms with E-state index in [-0.39, 0.29) is 17.5 Å². The third kappa shape index (κ3) is 3.26. The number of carbonyl (C=O) groups is 1. The molecule has 2 aromatic heterocycles. The van der Waals surface area contributed by atoms with E-state index >= 15 is 0 Å². The van der Waals surface area contributed by atoms with Crippen molar-refractivity contribution in [2.75, 3.05) is 32.1 Å². The Kier molecular flexibility index (Phi) is 4.56. The quantitative estimate of drug-likeness (QED) is 0.830. The number of nitrogens with one attached hydrogen (secondary N) is 1. The molecule has 0 saturated carbocycles. The van der Waals surface area contributed by atoms with Crippen LogP contribution in [0.2, 0.25) is 0 Å². The first-order valence-electron chi connectivity index (χ1n) is 7.90. The van der Waals surface area contributed by atoms with Gasteiger partial charge in [0.1, 0.15) is 11.4 Å². The lowest BCUT2D eigenvalue weighted by Crippen LogP contribution is -2.60. The number of aromatic nitrogens is 2. The number of pyridine rings is 2. The molecule has 0 bridgehead atoms. The Morgan fingerprint density at radius 1 is 1.48 bits per heavy atom. The number of aromatic amines is 1. The van der Waals surface area contributed by atoms with E-state index in [4.69, 9.17) is 4.74 Å². The van der Waals surface area contributed by atoms with Gasteiger partial charge in [0.25, 0.3) is 5.56 Å². The number of nitrogens with zero attached hydrogens (tertiary/aromatic N) is 3. The van der Waals surface area contributed by atoms with Crippen LogP contribution < -0.4 is 15.2 Å². The first-order chi connectivity index (χ1) is 12.0. The molecule has 7 nitrogen and oxygen atoms in total. The molecular formula is C18H20N4O3. The summed E-state index contributed by atoms with van der Waals surface area (Å²) < 4.78 is 5.22. The lowest BCUT2D eigenvalue weighted by molar-refractivity contribution is -0.130. The van der Waals surface area contributed by atoms with Gasteiger partial charge in [-0.2, -0.15) is 0 Å². The second kappa shape index (κ2) is 6.80. The Hall–Kier alpha value is -3.09. The summed E-state index contributed by atoms with van der Waals surface area (Å²) in [7, 11) is 3.45. The summed E-state index contributed by atoms with van der Waals surface area (Å²) in [5.74, 6) is 0.608. The number of amides is 1. The van der Waals surface area contributed by atoms with Gasteiger partial charge in [-0.3, -0.25) is 14.6 Å². The molecule has 0 radical (unpaired) electrons. The predicted octanol–water partition coefficient (Wildman–Crippen LogP) is 1.28. The summed E-state index contributed by atoms with van der Waals surface area (Å²) in [5.41, 5.74) is 1.86. The van der Waals surface area contributed by atoms with Crippen molar-refractivity contribution < 1.29 is 9.53 Å². The normalized spacial score (nSPS) is 13.9. The van der Waals surface area contributed by atoms with Crippen molar-refractivity contribution in [3.05, 3.63) is 53.6 Å². The highest BCUT2D eigenvalue weighted by Crippen LogP contribution is 2.25. The second-order valence-electron chi connectivity index (χ2n) is 5.90. The number of hydrogen-bond donors (Lipinski definition) is 1. The summed E-state index contributed by atoms with van der Waals surface area (Å²) in [4.78, 5) is 34.5. The van der Waals surface area contributed by atoms with Gasteiger partial charge in [-0.1, -0.05) is 6.58 Å². The van der Waals surface area contributed by atoms with Gasteiger partial charge in [-0.25, -0.2) is 0 Å². The summed E-state index contributed by atoms with van der Waals surface area (Å²) in [6.45, 7) is 4.63. The van der Waals surface area contributed by atoms with Crippen LogP contribution in [0.25, 0.3) is 11.3 Å². The summed E-state index contributed by atoms with van der Waals surface area (Å²) in [5, 5.41) is 0. The van der Waals surface area contributed by atoms with Crippen molar-refractivity contribution in [1.82, 2.24) is 14.9 Å². The van der Waals surface area contributed by atoms with Gasteiger partial charge in [0, 0.05) is 44.2 Å². The van der Waals surface area contributed by atoms with Crippen molar-refractivity contribution in [2.45, 2.75) is 6.04 Å². The first-order valence-corrected chi connectivity index (χ1v) is 7.90. The van der Waals surface area contributed by atoms with Crippen LogP contribution in [0.15, 0.2) is 48.0 Å². The predicted molar refractivity (Wildman–Crippen MR) is 95.8 cm³/mol. The first kappa shape index (κ1) is 16.8. The number of H-pyrrole nitrogens is 1. The molecule has 1 saturated heterocycles. The van der Waals surface area contributed by atoms with E-state index in [0.717, 1.165) is 5.56 Å². The SMILES string of the molecule is C=CC(=O)N1CC(N(C)c2cc(-c3cc(OC)ccn3)c[nH]c2=O)C1. The Morgan fingerprint density at radius 3 is 2.92 bits per heavy atom. The van der Waals surface area contributed by atoms with Gasteiger partial charge in [0.05, 0.1) is 18.8 Å². The molecule has 0 spiro atoms. The summed E-state index contributed by atoms with van der Waals surface area (Å²) >= 11 is 0. The van der Waals surface area contributed by atoms with Crippen LogP contribution in [0.5, 0.6) is 5.75 Å². The van der Waals surface area contributed by atoms with Crippen molar-refractivity contribution >= 4 is 11.6 Å². The average Bonchev–Trinajstić information content (AvgIpc) is 2.60. The van der Waals surface area contributed by atoms with Gasteiger partial charge in [0.2, 0.25) is 5.91 Å². The number of likely N-dealkylation sites (N-methyl/N-ethyl adjacent to an activating group) is 1. The third-order valence-corrected chi connectivity index (χ3v) is 4.42. The molecule has 1 aliphatic heterocycles. The fourth-order valence-electron chi connectivity index (χ4n) is 2.78. The zero-order valence-electron chi connectivity index (χ0n) is 14.2. The molecular weight excluding hydrogens is 320 g/mol. The zero-order chi connectivity index (χ0) is 18.0. The molecule has 130 valence electrons. The maximum absolute atomic E-state index is 12.2. The molecule has 2 aromatic rings. The lowest BCUT2D eigenvalue weighted by Gasteiger charge is -2.44. The number of likely N-dealkylation sites (tertiary alicyclic amines) is 1. The van der Waals surface area contributed by atoms with Gasteiger partial charge in [0.15, 0.2) is 0 Å². The van der Waals surface area contributed by atoms with Crippen LogP contribution in [0.3, 0.4) is 0 Å². The molecule has 25 heavy (non-hydrogen) atoms. The molecule has 0 aliphatic carbocycles. The van der Waals surface area contributed by atoms with Crippen LogP contribution in [-0.2, 0) is 4.79 Å². The second-order valence-corrected chi connectivity index (χ2v) is 5.90. The van der Waals surface area contributed by atoms with E-state index in [2.05, 4.69) is 16.5 Å². The minimum atomic E-state index is -0.178. The van der Waals surface area contributed by atoms with Crippen LogP contribution in [-0.4, -0.2) is 54.1 Å². The minimum absolute atomic E-state index is 0.0899. The Bertz CT molecular complexity index is 855. The summed E-state index contributed by atoms with van der Waals surface area (Å²) in [6, 6.07) is 5.48. The highest BCUT2D eigenvalue weighted by atomic mass is 16.5. The van der Waals surface area contributed by atoms with Crippen LogP contribution in [0.4, 0.5) is 5.69 Å². The van der Waals surface area contributed by atoms with Crippen molar-refractivity contribution in [1.29, 1.82) is 0 Å². The molecule has 7 heteroatoms. The highest BCUT2D eigenvalue weighted by Gasteiger charge is 2.33. The molecule has 1 amide bonds. The summed E-state index contributed by atoms with van der Waals surface area (Å²) in [6.07, 6.45) is 4.60. The van der Waals surface area contributed by atoms with E-state index in [9.17, 15) is 9.59 Å². The smallest absolute Gasteiger partial charge is 0.271 e. The Morgan fingerprint density at radius 2 is 2.24 bits per heavy atom. The highest BCUT2D eigenvalue weighted by molar-refractivity contribution is 5.87. The topological polar surface area (TPSA) is 78.5 Å². The molecule has 3 rings (SSSR count). The van der Waals surface area contributed by atoms with E-state index in [1.807, 2.05) is 18.0 Å². The minimum Gasteiger partial charge on any atom is -0.497 e. The number of rotatable bonds is 5. The van der Waals surface area contributed by atoms with Crippen LogP contribution >= 0.6 is 0 Å². The maximum atomic E-state index is 12.2. The lowest BCUT2D eigenvalue weighted by atomic mass is 10.1. The van der Waals surface area contributed by atoms with Gasteiger partial charge in [-0.15, -0.1) is 0 Å². The van der Waals surface area contributed by atoms with Gasteiger partial charge >= 0.3 is 0 Å². The number of carbonyl (C=O) groups excluding carboxylic acids is 1. The fraction of sp³-hybridized carbons (Fsp3) is 0.278. The van der Waals surface area contributed by atoms with Crippen LogP contribution in [0, 0.1) is 0 Å². The monoisotopic (exact) mass is 340 g/mol. The molecule has 3 heterocycles. The molecule has 0 aromatic carbocycles. The van der Waals surface area contributed by atoms with Crippen molar-refractivity contribution in [2.24, 2.45) is 0 Å². The number of anilines is 1. The Labute approximate surface area is 145 Å². The van der Waals surface area contributed by atoms with Gasteiger partial charge in [-0.05, 0) is 18.2 Å². The third-order valence-electron chi connectivity index (χ3n) is 4.42. The fourth-order valence-corrected chi connectivity index (χ4v) is 2.78. The molecule has 0 unspecified atom stereocenters. The molecule has 1 aliphatic rings. The zero-order valence-corrected chi connectivity index (χ0v) is 14.2. The van der Waals surface area contributed by atoms with Crippen molar-refractivity contribution in [3.63, 3.8) is 0 Å². The Balaban J connectivity index is 1.84. The largest absolute Gasteiger partial charge is 0.497 e. The average molecular weight is 340 g/mol.